The van der Waals surface area contributed by atoms with E-state index in [2.05, 4.69) is 0 Å². The molecule has 0 bridgehead atoms. The molecule has 0 fully saturated rings. The zero-order chi connectivity index (χ0) is 16.8. The van der Waals surface area contributed by atoms with Crippen LogP contribution < -0.4 is 0 Å². The molecule has 0 radical (unpaired) electrons. The van der Waals surface area contributed by atoms with Crippen LogP contribution in [0.4, 0.5) is 0 Å². The first kappa shape index (κ1) is 17.3. The maximum Gasteiger partial charge on any atom is 0.127 e. The van der Waals surface area contributed by atoms with Crippen molar-refractivity contribution in [1.29, 1.82) is 0 Å². The fraction of sp³-hybridized carbons (Fsp3) is 0.368. The zero-order valence-electron chi connectivity index (χ0n) is 13.4. The Morgan fingerprint density at radius 2 is 1.57 bits per heavy atom. The monoisotopic (exact) mass is 316 g/mol. The highest BCUT2D eigenvalue weighted by Gasteiger charge is 2.19. The summed E-state index contributed by atoms with van der Waals surface area (Å²) in [7, 11) is 0. The summed E-state index contributed by atoms with van der Waals surface area (Å²) in [5, 5.41) is 39.1. The molecule has 4 heteroatoms. The molecule has 2 aromatic rings. The topological polar surface area (TPSA) is 80.9 Å². The smallest absolute Gasteiger partial charge is 0.127 e. The zero-order valence-corrected chi connectivity index (χ0v) is 13.4. The first-order valence-corrected chi connectivity index (χ1v) is 7.96. The molecule has 0 aromatic heterocycles. The van der Waals surface area contributed by atoms with Gasteiger partial charge in [-0.25, -0.2) is 0 Å². The Morgan fingerprint density at radius 1 is 0.913 bits per heavy atom. The van der Waals surface area contributed by atoms with Gasteiger partial charge < -0.3 is 20.4 Å². The van der Waals surface area contributed by atoms with Crippen LogP contribution in [0.2, 0.25) is 0 Å². The Morgan fingerprint density at radius 3 is 2.13 bits per heavy atom. The minimum absolute atomic E-state index is 0.0467. The molecular formula is C19H24O4. The highest BCUT2D eigenvalue weighted by Crippen LogP contribution is 2.40. The Hall–Kier alpha value is -2.04. The summed E-state index contributed by atoms with van der Waals surface area (Å²) in [5.41, 5.74) is 3.29. The minimum atomic E-state index is -0.201. The molecule has 0 saturated carbocycles. The second kappa shape index (κ2) is 7.99. The first-order valence-electron chi connectivity index (χ1n) is 7.96. The first-order chi connectivity index (χ1) is 11.1. The molecule has 0 atom stereocenters. The van der Waals surface area contributed by atoms with Crippen LogP contribution in [0, 0.1) is 5.92 Å². The second-order valence-corrected chi connectivity index (χ2v) is 5.74. The number of aliphatic hydroxyl groups is 2. The summed E-state index contributed by atoms with van der Waals surface area (Å²) < 4.78 is 0. The molecule has 0 unspecified atom stereocenters. The van der Waals surface area contributed by atoms with E-state index >= 15 is 0 Å². The highest BCUT2D eigenvalue weighted by atomic mass is 16.3. The standard InChI is InChI=1S/C19H24O4/c1-2-15-16(9-8-13(11-20)12-21)19(18(23)10-17(15)22)14-6-4-3-5-7-14/h3-7,10,13,20-23H,2,8-9,11-12H2,1H3. The molecule has 23 heavy (non-hydrogen) atoms. The number of hydrogen-bond acceptors (Lipinski definition) is 4. The summed E-state index contributed by atoms with van der Waals surface area (Å²) in [6.45, 7) is 1.80. The number of rotatable bonds is 7. The molecule has 0 aliphatic carbocycles. The number of benzene rings is 2. The summed E-state index contributed by atoms with van der Waals surface area (Å²) in [4.78, 5) is 0. The van der Waals surface area contributed by atoms with Gasteiger partial charge in [-0.2, -0.15) is 0 Å². The third kappa shape index (κ3) is 3.84. The molecule has 0 saturated heterocycles. The van der Waals surface area contributed by atoms with Crippen molar-refractivity contribution in [2.24, 2.45) is 5.92 Å². The molecule has 0 aliphatic heterocycles. The molecular weight excluding hydrogens is 292 g/mol. The largest absolute Gasteiger partial charge is 0.508 e. The molecule has 124 valence electrons. The maximum absolute atomic E-state index is 10.4. The number of aromatic hydroxyl groups is 2. The maximum atomic E-state index is 10.4. The lowest BCUT2D eigenvalue weighted by molar-refractivity contribution is 0.144. The van der Waals surface area contributed by atoms with Gasteiger partial charge in [0.1, 0.15) is 11.5 Å². The van der Waals surface area contributed by atoms with Crippen molar-refractivity contribution in [3.63, 3.8) is 0 Å². The average molecular weight is 316 g/mol. The molecule has 4 N–H and O–H groups in total. The van der Waals surface area contributed by atoms with Gasteiger partial charge in [0, 0.05) is 30.8 Å². The van der Waals surface area contributed by atoms with Gasteiger partial charge in [0.05, 0.1) is 0 Å². The van der Waals surface area contributed by atoms with E-state index in [0.29, 0.717) is 19.3 Å². The third-order valence-corrected chi connectivity index (χ3v) is 4.24. The normalized spacial score (nSPS) is 11.1. The Kier molecular flexibility index (Phi) is 6.02. The Bertz CT molecular complexity index is 634. The van der Waals surface area contributed by atoms with Crippen molar-refractivity contribution in [3.8, 4) is 22.6 Å². The van der Waals surface area contributed by atoms with Gasteiger partial charge >= 0.3 is 0 Å². The summed E-state index contributed by atoms with van der Waals surface area (Å²) >= 11 is 0. The van der Waals surface area contributed by atoms with Gasteiger partial charge in [0.15, 0.2) is 0 Å². The van der Waals surface area contributed by atoms with E-state index in [1.807, 2.05) is 37.3 Å². The lowest BCUT2D eigenvalue weighted by atomic mass is 9.88. The minimum Gasteiger partial charge on any atom is -0.508 e. The second-order valence-electron chi connectivity index (χ2n) is 5.74. The average Bonchev–Trinajstić information content (AvgIpc) is 2.56. The quantitative estimate of drug-likeness (QED) is 0.633. The van der Waals surface area contributed by atoms with Crippen LogP contribution in [0.3, 0.4) is 0 Å². The predicted octanol–water partition coefficient (Wildman–Crippen LogP) is 2.86. The lowest BCUT2D eigenvalue weighted by Crippen LogP contribution is -2.13. The number of hydrogen-bond donors (Lipinski definition) is 4. The van der Waals surface area contributed by atoms with Crippen LogP contribution in [0.1, 0.15) is 24.5 Å². The van der Waals surface area contributed by atoms with E-state index in [-0.39, 0.29) is 30.6 Å². The van der Waals surface area contributed by atoms with Crippen molar-refractivity contribution in [1.82, 2.24) is 0 Å². The van der Waals surface area contributed by atoms with E-state index in [1.165, 1.54) is 6.07 Å². The van der Waals surface area contributed by atoms with Crippen LogP contribution in [-0.4, -0.2) is 33.6 Å². The SMILES string of the molecule is CCc1c(O)cc(O)c(-c2ccccc2)c1CCC(CO)CO. The number of aliphatic hydroxyl groups excluding tert-OH is 2. The van der Waals surface area contributed by atoms with Crippen molar-refractivity contribution >= 4 is 0 Å². The van der Waals surface area contributed by atoms with Crippen molar-refractivity contribution in [3.05, 3.63) is 47.5 Å². The lowest BCUT2D eigenvalue weighted by Gasteiger charge is -2.19. The van der Waals surface area contributed by atoms with Gasteiger partial charge in [0.2, 0.25) is 0 Å². The molecule has 0 amide bonds. The van der Waals surface area contributed by atoms with E-state index in [0.717, 1.165) is 22.3 Å². The van der Waals surface area contributed by atoms with Crippen LogP contribution in [0.5, 0.6) is 11.5 Å². The van der Waals surface area contributed by atoms with Gasteiger partial charge in [-0.05, 0) is 36.0 Å². The number of phenolic OH excluding ortho intramolecular Hbond substituents is 2. The molecule has 0 spiro atoms. The Balaban J connectivity index is 2.51. The van der Waals surface area contributed by atoms with Gasteiger partial charge in [-0.3, -0.25) is 0 Å². The summed E-state index contributed by atoms with van der Waals surface area (Å²) in [6.07, 6.45) is 1.80. The van der Waals surface area contributed by atoms with Crippen molar-refractivity contribution < 1.29 is 20.4 Å². The fourth-order valence-electron chi connectivity index (χ4n) is 2.93. The van der Waals surface area contributed by atoms with E-state index in [9.17, 15) is 20.4 Å². The van der Waals surface area contributed by atoms with Crippen LogP contribution >= 0.6 is 0 Å². The number of phenols is 2. The van der Waals surface area contributed by atoms with E-state index in [4.69, 9.17) is 0 Å². The van der Waals surface area contributed by atoms with E-state index in [1.54, 1.807) is 0 Å². The predicted molar refractivity (Wildman–Crippen MR) is 90.6 cm³/mol. The van der Waals surface area contributed by atoms with E-state index < -0.39 is 0 Å². The molecule has 2 rings (SSSR count). The molecule has 0 heterocycles. The van der Waals surface area contributed by atoms with Gasteiger partial charge in [-0.15, -0.1) is 0 Å². The summed E-state index contributed by atoms with van der Waals surface area (Å²) in [5.74, 6) is -0.0671. The van der Waals surface area contributed by atoms with Gasteiger partial charge in [-0.1, -0.05) is 37.3 Å². The molecule has 4 nitrogen and oxygen atoms in total. The van der Waals surface area contributed by atoms with Crippen molar-refractivity contribution in [2.75, 3.05) is 13.2 Å². The van der Waals surface area contributed by atoms with Crippen LogP contribution in [-0.2, 0) is 12.8 Å². The Labute approximate surface area is 136 Å². The molecule has 2 aromatic carbocycles. The van der Waals surface area contributed by atoms with Gasteiger partial charge in [0.25, 0.3) is 0 Å². The third-order valence-electron chi connectivity index (χ3n) is 4.24. The van der Waals surface area contributed by atoms with Crippen LogP contribution in [0.25, 0.3) is 11.1 Å². The fourth-order valence-corrected chi connectivity index (χ4v) is 2.93. The van der Waals surface area contributed by atoms with Crippen LogP contribution in [0.15, 0.2) is 36.4 Å². The molecule has 0 aliphatic rings. The van der Waals surface area contributed by atoms with Crippen molar-refractivity contribution in [2.45, 2.75) is 26.2 Å². The summed E-state index contributed by atoms with van der Waals surface area (Å²) in [6, 6.07) is 11.0. The highest BCUT2D eigenvalue weighted by molar-refractivity contribution is 5.76.